The van der Waals surface area contributed by atoms with E-state index >= 15 is 0 Å². The molecule has 0 unspecified atom stereocenters. The molecule has 1 N–H and O–H groups in total. The van der Waals surface area contributed by atoms with Gasteiger partial charge in [-0.2, -0.15) is 0 Å². The normalized spacial score (nSPS) is 9.56. The van der Waals surface area contributed by atoms with Gasteiger partial charge in [0, 0.05) is 5.56 Å². The second-order valence-corrected chi connectivity index (χ2v) is 3.14. The van der Waals surface area contributed by atoms with Gasteiger partial charge in [-0.1, -0.05) is 18.2 Å². The van der Waals surface area contributed by atoms with Crippen LogP contribution in [0.3, 0.4) is 0 Å². The van der Waals surface area contributed by atoms with E-state index in [0.717, 1.165) is 11.1 Å². The molecule has 2 aromatic rings. The molecule has 78 valence electrons. The van der Waals surface area contributed by atoms with Crippen molar-refractivity contribution in [3.63, 3.8) is 0 Å². The first kappa shape index (κ1) is 13.0. The molecule has 5 heteroatoms. The molecular weight excluding hydrogens is 217 g/mol. The Labute approximate surface area is 116 Å². The smallest absolute Gasteiger partial charge is 1.00 e. The van der Waals surface area contributed by atoms with E-state index in [1.807, 2.05) is 31.2 Å². The SMILES string of the molecule is Cc1ccccc1-c1nc(C=O)c(O)o1.[H-].[Na+]. The number of carbonyl (C=O) groups is 1. The summed E-state index contributed by atoms with van der Waals surface area (Å²) in [6, 6.07) is 7.44. The van der Waals surface area contributed by atoms with Crippen molar-refractivity contribution in [3.8, 4) is 17.4 Å². The Morgan fingerprint density at radius 3 is 2.69 bits per heavy atom. The number of rotatable bonds is 2. The third-order valence-electron chi connectivity index (χ3n) is 2.12. The van der Waals surface area contributed by atoms with Crippen molar-refractivity contribution < 1.29 is 45.3 Å². The second-order valence-electron chi connectivity index (χ2n) is 3.14. The predicted molar refractivity (Wildman–Crippen MR) is 54.8 cm³/mol. The molecule has 2 rings (SSSR count). The number of aromatic nitrogens is 1. The Bertz CT molecular complexity index is 513. The Hall–Kier alpha value is -1.10. The first-order chi connectivity index (χ1) is 7.22. The minimum absolute atomic E-state index is 0. The molecule has 0 atom stereocenters. The number of benzene rings is 1. The fourth-order valence-electron chi connectivity index (χ4n) is 1.33. The number of hydrogen-bond acceptors (Lipinski definition) is 4. The molecule has 0 bridgehead atoms. The van der Waals surface area contributed by atoms with E-state index in [0.29, 0.717) is 6.29 Å². The zero-order chi connectivity index (χ0) is 10.8. The molecular formula is C11H10NNaO3. The third kappa shape index (κ3) is 2.35. The Morgan fingerprint density at radius 2 is 2.12 bits per heavy atom. The van der Waals surface area contributed by atoms with Crippen molar-refractivity contribution in [2.45, 2.75) is 6.92 Å². The first-order valence-corrected chi connectivity index (χ1v) is 4.43. The molecule has 0 amide bonds. The maximum Gasteiger partial charge on any atom is 1.00 e. The van der Waals surface area contributed by atoms with Gasteiger partial charge in [-0.25, -0.2) is 4.98 Å². The van der Waals surface area contributed by atoms with Gasteiger partial charge in [-0.05, 0) is 18.6 Å². The zero-order valence-electron chi connectivity index (χ0n) is 10.1. The minimum atomic E-state index is -0.441. The van der Waals surface area contributed by atoms with Gasteiger partial charge in [-0.3, -0.25) is 4.79 Å². The van der Waals surface area contributed by atoms with Gasteiger partial charge in [0.25, 0.3) is 0 Å². The molecule has 1 aromatic heterocycles. The average molecular weight is 227 g/mol. The van der Waals surface area contributed by atoms with Gasteiger partial charge in [0.15, 0.2) is 12.0 Å². The van der Waals surface area contributed by atoms with Crippen LogP contribution in [0, 0.1) is 6.92 Å². The average Bonchev–Trinajstić information content (AvgIpc) is 2.60. The molecule has 0 radical (unpaired) electrons. The number of aldehydes is 1. The summed E-state index contributed by atoms with van der Waals surface area (Å²) in [5, 5.41) is 9.22. The standard InChI is InChI=1S/C11H9NO3.Na.H/c1-7-4-2-3-5-8(7)10-12-9(6-13)11(14)15-10;;/h2-6,14H,1H3;;/q;+1;-1. The van der Waals surface area contributed by atoms with Crippen LogP contribution in [0.2, 0.25) is 0 Å². The van der Waals surface area contributed by atoms with Crippen LogP contribution in [-0.4, -0.2) is 16.4 Å². The van der Waals surface area contributed by atoms with Crippen molar-refractivity contribution in [2.75, 3.05) is 0 Å². The second kappa shape index (κ2) is 5.30. The maximum absolute atomic E-state index is 10.5. The third-order valence-corrected chi connectivity index (χ3v) is 2.12. The van der Waals surface area contributed by atoms with Gasteiger partial charge in [0.2, 0.25) is 5.89 Å². The van der Waals surface area contributed by atoms with Gasteiger partial charge in [-0.15, -0.1) is 0 Å². The van der Waals surface area contributed by atoms with E-state index in [4.69, 9.17) is 4.42 Å². The van der Waals surface area contributed by atoms with E-state index in [1.54, 1.807) is 0 Å². The zero-order valence-corrected chi connectivity index (χ0v) is 11.1. The first-order valence-electron chi connectivity index (χ1n) is 4.43. The molecule has 0 aliphatic rings. The molecule has 0 fully saturated rings. The minimum Gasteiger partial charge on any atom is -1.00 e. The summed E-state index contributed by atoms with van der Waals surface area (Å²) < 4.78 is 4.99. The van der Waals surface area contributed by atoms with Crippen LogP contribution in [0.25, 0.3) is 11.5 Å². The Morgan fingerprint density at radius 1 is 1.44 bits per heavy atom. The van der Waals surface area contributed by atoms with E-state index < -0.39 is 5.95 Å². The van der Waals surface area contributed by atoms with Crippen molar-refractivity contribution in [1.82, 2.24) is 4.98 Å². The fourth-order valence-corrected chi connectivity index (χ4v) is 1.33. The largest absolute Gasteiger partial charge is 1.00 e. The summed E-state index contributed by atoms with van der Waals surface area (Å²) in [7, 11) is 0. The van der Waals surface area contributed by atoms with Crippen LogP contribution in [-0.2, 0) is 0 Å². The van der Waals surface area contributed by atoms with Gasteiger partial charge in [0.1, 0.15) is 0 Å². The Balaban J connectivity index is 0.00000128. The van der Waals surface area contributed by atoms with Crippen molar-refractivity contribution >= 4 is 6.29 Å². The number of nitrogens with zero attached hydrogens (tertiary/aromatic N) is 1. The summed E-state index contributed by atoms with van der Waals surface area (Å²) in [4.78, 5) is 14.3. The van der Waals surface area contributed by atoms with Gasteiger partial charge >= 0.3 is 35.5 Å². The van der Waals surface area contributed by atoms with E-state index in [-0.39, 0.29) is 42.6 Å². The van der Waals surface area contributed by atoms with E-state index in [9.17, 15) is 9.90 Å². The number of aromatic hydroxyl groups is 1. The molecule has 1 aromatic carbocycles. The predicted octanol–water partition coefficient (Wildman–Crippen LogP) is -0.715. The maximum atomic E-state index is 10.5. The molecule has 0 aliphatic carbocycles. The van der Waals surface area contributed by atoms with Crippen LogP contribution in [0.1, 0.15) is 17.5 Å². The Kier molecular flexibility index (Phi) is 4.29. The quantitative estimate of drug-likeness (QED) is 0.543. The van der Waals surface area contributed by atoms with Crippen LogP contribution in [0.4, 0.5) is 0 Å². The van der Waals surface area contributed by atoms with Crippen molar-refractivity contribution in [2.24, 2.45) is 0 Å². The fraction of sp³-hybridized carbons (Fsp3) is 0.0909. The molecule has 4 nitrogen and oxygen atoms in total. The number of aryl methyl sites for hydroxylation is 1. The summed E-state index contributed by atoms with van der Waals surface area (Å²) in [5.74, 6) is -0.184. The summed E-state index contributed by atoms with van der Waals surface area (Å²) >= 11 is 0. The number of oxazole rings is 1. The van der Waals surface area contributed by atoms with Crippen LogP contribution < -0.4 is 29.6 Å². The summed E-state index contributed by atoms with van der Waals surface area (Å²) in [6.45, 7) is 1.90. The number of carbonyl (C=O) groups excluding carboxylic acids is 1. The summed E-state index contributed by atoms with van der Waals surface area (Å²) in [6.07, 6.45) is 0.459. The van der Waals surface area contributed by atoms with E-state index in [1.165, 1.54) is 0 Å². The van der Waals surface area contributed by atoms with Crippen molar-refractivity contribution in [3.05, 3.63) is 35.5 Å². The van der Waals surface area contributed by atoms with Gasteiger partial charge < -0.3 is 11.0 Å². The van der Waals surface area contributed by atoms with E-state index in [2.05, 4.69) is 4.98 Å². The van der Waals surface area contributed by atoms with Crippen LogP contribution in [0.5, 0.6) is 5.95 Å². The van der Waals surface area contributed by atoms with Crippen LogP contribution in [0.15, 0.2) is 28.7 Å². The van der Waals surface area contributed by atoms with Crippen molar-refractivity contribution in [1.29, 1.82) is 0 Å². The molecule has 16 heavy (non-hydrogen) atoms. The molecule has 0 spiro atoms. The monoisotopic (exact) mass is 227 g/mol. The molecule has 0 saturated carbocycles. The van der Waals surface area contributed by atoms with Crippen LogP contribution >= 0.6 is 0 Å². The number of hydrogen-bond donors (Lipinski definition) is 1. The molecule has 0 aliphatic heterocycles. The molecule has 0 saturated heterocycles. The topological polar surface area (TPSA) is 63.3 Å². The summed E-state index contributed by atoms with van der Waals surface area (Å²) in [5.41, 5.74) is 1.66. The molecule has 1 heterocycles. The van der Waals surface area contributed by atoms with Gasteiger partial charge in [0.05, 0.1) is 0 Å².